The topological polar surface area (TPSA) is 59.6 Å². The Morgan fingerprint density at radius 1 is 1.19 bits per heavy atom. The third-order valence-electron chi connectivity index (χ3n) is 4.01. The molecule has 0 aromatic heterocycles. The van der Waals surface area contributed by atoms with Crippen LogP contribution in [0.5, 0.6) is 0 Å². The number of nitrogens with one attached hydrogen (secondary N) is 2. The number of carbonyl (C=O) groups is 1. The number of anilines is 1. The fourth-order valence-corrected chi connectivity index (χ4v) is 1.98. The normalized spacial score (nSPS) is 19.4. The van der Waals surface area contributed by atoms with Gasteiger partial charge in [-0.25, -0.2) is 9.18 Å². The molecule has 1 aliphatic heterocycles. The standard InChI is InChI=1S/C14H20BFN2O3/c1-13(2)14(3,4)21-15(20-13)9-7-6-8-10(11(9)16)18-12(19)17-5/h6-8H,1-5H3,(H2,17,18,19). The van der Waals surface area contributed by atoms with Crippen LogP contribution >= 0.6 is 0 Å². The van der Waals surface area contributed by atoms with Crippen LogP contribution in [0, 0.1) is 5.82 Å². The lowest BCUT2D eigenvalue weighted by molar-refractivity contribution is 0.00578. The van der Waals surface area contributed by atoms with Crippen molar-refractivity contribution in [3.63, 3.8) is 0 Å². The first-order valence-corrected chi connectivity index (χ1v) is 6.81. The SMILES string of the molecule is CNC(=O)Nc1cccc(B2OC(C)(C)C(C)(C)O2)c1F. The first-order chi connectivity index (χ1) is 9.68. The van der Waals surface area contributed by atoms with Gasteiger partial charge in [-0.1, -0.05) is 12.1 Å². The molecule has 2 N–H and O–H groups in total. The van der Waals surface area contributed by atoms with Gasteiger partial charge in [0.1, 0.15) is 5.82 Å². The van der Waals surface area contributed by atoms with E-state index in [9.17, 15) is 9.18 Å². The Balaban J connectivity index is 2.30. The van der Waals surface area contributed by atoms with E-state index in [1.54, 1.807) is 12.1 Å². The Hall–Kier alpha value is -1.60. The smallest absolute Gasteiger partial charge is 0.399 e. The predicted molar refractivity (Wildman–Crippen MR) is 80.2 cm³/mol. The molecule has 0 radical (unpaired) electrons. The number of rotatable bonds is 2. The van der Waals surface area contributed by atoms with Crippen molar-refractivity contribution < 1.29 is 18.5 Å². The second kappa shape index (κ2) is 5.31. The molecule has 0 unspecified atom stereocenters. The van der Waals surface area contributed by atoms with Gasteiger partial charge in [0.2, 0.25) is 0 Å². The van der Waals surface area contributed by atoms with Crippen LogP contribution < -0.4 is 16.1 Å². The van der Waals surface area contributed by atoms with Gasteiger partial charge < -0.3 is 19.9 Å². The molecule has 114 valence electrons. The molecule has 1 aromatic rings. The zero-order valence-corrected chi connectivity index (χ0v) is 12.9. The van der Waals surface area contributed by atoms with E-state index in [1.165, 1.54) is 13.1 Å². The van der Waals surface area contributed by atoms with E-state index in [2.05, 4.69) is 10.6 Å². The van der Waals surface area contributed by atoms with Crippen molar-refractivity contribution in [2.45, 2.75) is 38.9 Å². The quantitative estimate of drug-likeness (QED) is 0.819. The molecule has 5 nitrogen and oxygen atoms in total. The van der Waals surface area contributed by atoms with Crippen LogP contribution in [0.15, 0.2) is 18.2 Å². The van der Waals surface area contributed by atoms with E-state index in [0.29, 0.717) is 0 Å². The van der Waals surface area contributed by atoms with Crippen molar-refractivity contribution in [2.75, 3.05) is 12.4 Å². The fourth-order valence-electron chi connectivity index (χ4n) is 1.98. The van der Waals surface area contributed by atoms with Gasteiger partial charge >= 0.3 is 13.1 Å². The summed E-state index contributed by atoms with van der Waals surface area (Å²) in [5.41, 5.74) is -0.744. The molecular formula is C14H20BFN2O3. The zero-order valence-electron chi connectivity index (χ0n) is 12.9. The molecule has 1 saturated heterocycles. The number of amides is 2. The molecule has 1 heterocycles. The van der Waals surface area contributed by atoms with Crippen LogP contribution in [0.3, 0.4) is 0 Å². The number of hydrogen-bond acceptors (Lipinski definition) is 3. The second-order valence-electron chi connectivity index (χ2n) is 6.00. The maximum absolute atomic E-state index is 14.5. The van der Waals surface area contributed by atoms with Gasteiger partial charge in [-0.2, -0.15) is 0 Å². The summed E-state index contributed by atoms with van der Waals surface area (Å²) in [4.78, 5) is 11.3. The van der Waals surface area contributed by atoms with Crippen molar-refractivity contribution in [2.24, 2.45) is 0 Å². The number of carbonyl (C=O) groups excluding carboxylic acids is 1. The van der Waals surface area contributed by atoms with Crippen LogP contribution in [-0.4, -0.2) is 31.4 Å². The second-order valence-corrected chi connectivity index (χ2v) is 6.00. The molecule has 0 bridgehead atoms. The Kier molecular flexibility index (Phi) is 3.99. The van der Waals surface area contributed by atoms with E-state index in [0.717, 1.165) is 0 Å². The van der Waals surface area contributed by atoms with Crippen LogP contribution in [-0.2, 0) is 9.31 Å². The summed E-state index contributed by atoms with van der Waals surface area (Å²) in [6.07, 6.45) is 0. The molecule has 2 amide bonds. The molecule has 1 aromatic carbocycles. The lowest BCUT2D eigenvalue weighted by Gasteiger charge is -2.32. The molecule has 21 heavy (non-hydrogen) atoms. The van der Waals surface area contributed by atoms with Gasteiger partial charge in [-0.3, -0.25) is 0 Å². The van der Waals surface area contributed by atoms with Crippen LogP contribution in [0.4, 0.5) is 14.9 Å². The molecule has 1 fully saturated rings. The van der Waals surface area contributed by atoms with E-state index >= 15 is 0 Å². The summed E-state index contributed by atoms with van der Waals surface area (Å²) < 4.78 is 26.2. The minimum atomic E-state index is -0.804. The maximum Gasteiger partial charge on any atom is 0.497 e. The molecule has 0 saturated carbocycles. The van der Waals surface area contributed by atoms with Crippen molar-refractivity contribution in [3.05, 3.63) is 24.0 Å². The Morgan fingerprint density at radius 3 is 2.29 bits per heavy atom. The monoisotopic (exact) mass is 294 g/mol. The van der Waals surface area contributed by atoms with Crippen molar-refractivity contribution in [3.8, 4) is 0 Å². The highest BCUT2D eigenvalue weighted by molar-refractivity contribution is 6.62. The van der Waals surface area contributed by atoms with E-state index in [4.69, 9.17) is 9.31 Å². The van der Waals surface area contributed by atoms with E-state index in [1.807, 2.05) is 27.7 Å². The lowest BCUT2D eigenvalue weighted by Crippen LogP contribution is -2.41. The van der Waals surface area contributed by atoms with Gasteiger partial charge in [0.25, 0.3) is 0 Å². The molecule has 0 aliphatic carbocycles. The molecule has 1 aliphatic rings. The van der Waals surface area contributed by atoms with Crippen LogP contribution in [0.1, 0.15) is 27.7 Å². The fraction of sp³-hybridized carbons (Fsp3) is 0.500. The summed E-state index contributed by atoms with van der Waals surface area (Å²) >= 11 is 0. The first kappa shape index (κ1) is 15.8. The summed E-state index contributed by atoms with van der Waals surface area (Å²) in [5, 5.41) is 4.81. The van der Waals surface area contributed by atoms with Gasteiger partial charge in [-0.05, 0) is 33.8 Å². The highest BCUT2D eigenvalue weighted by Crippen LogP contribution is 2.36. The third kappa shape index (κ3) is 2.89. The highest BCUT2D eigenvalue weighted by atomic mass is 19.1. The Bertz CT molecular complexity index is 547. The number of benzene rings is 1. The molecule has 2 rings (SSSR count). The Morgan fingerprint density at radius 2 is 1.76 bits per heavy atom. The summed E-state index contributed by atoms with van der Waals surface area (Å²) in [5.74, 6) is -0.556. The minimum Gasteiger partial charge on any atom is -0.399 e. The molecular weight excluding hydrogens is 274 g/mol. The van der Waals surface area contributed by atoms with Crippen LogP contribution in [0.2, 0.25) is 0 Å². The lowest BCUT2D eigenvalue weighted by atomic mass is 9.78. The summed E-state index contributed by atoms with van der Waals surface area (Å²) in [6.45, 7) is 7.60. The minimum absolute atomic E-state index is 0.0848. The number of halogens is 1. The largest absolute Gasteiger partial charge is 0.497 e. The number of hydrogen-bond donors (Lipinski definition) is 2. The maximum atomic E-state index is 14.5. The third-order valence-corrected chi connectivity index (χ3v) is 4.01. The molecule has 0 atom stereocenters. The van der Waals surface area contributed by atoms with Crippen molar-refractivity contribution >= 4 is 24.3 Å². The molecule has 0 spiro atoms. The molecule has 7 heteroatoms. The summed E-state index contributed by atoms with van der Waals surface area (Å²) in [7, 11) is 0.659. The summed E-state index contributed by atoms with van der Waals surface area (Å²) in [6, 6.07) is 4.24. The highest BCUT2D eigenvalue weighted by Gasteiger charge is 2.52. The predicted octanol–water partition coefficient (Wildman–Crippen LogP) is 1.88. The van der Waals surface area contributed by atoms with Crippen LogP contribution in [0.25, 0.3) is 0 Å². The average molecular weight is 294 g/mol. The van der Waals surface area contributed by atoms with Gasteiger partial charge in [-0.15, -0.1) is 0 Å². The van der Waals surface area contributed by atoms with Crippen molar-refractivity contribution in [1.82, 2.24) is 5.32 Å². The van der Waals surface area contributed by atoms with E-state index < -0.39 is 30.2 Å². The first-order valence-electron chi connectivity index (χ1n) is 6.81. The Labute approximate surface area is 124 Å². The number of urea groups is 1. The van der Waals surface area contributed by atoms with Crippen molar-refractivity contribution in [1.29, 1.82) is 0 Å². The van der Waals surface area contributed by atoms with Gasteiger partial charge in [0.15, 0.2) is 0 Å². The van der Waals surface area contributed by atoms with E-state index in [-0.39, 0.29) is 11.2 Å². The average Bonchev–Trinajstić information content (AvgIpc) is 2.60. The van der Waals surface area contributed by atoms with Gasteiger partial charge in [0.05, 0.1) is 16.9 Å². The van der Waals surface area contributed by atoms with Gasteiger partial charge in [0, 0.05) is 12.5 Å². The zero-order chi connectivity index (χ0) is 15.8.